The van der Waals surface area contributed by atoms with Crippen LogP contribution in [0.3, 0.4) is 0 Å². The minimum absolute atomic E-state index is 0.0305. The van der Waals surface area contributed by atoms with Crippen molar-refractivity contribution in [1.29, 1.82) is 0 Å². The topological polar surface area (TPSA) is 112 Å². The average Bonchev–Trinajstić information content (AvgIpc) is 2.93. The Morgan fingerprint density at radius 1 is 0.698 bits per heavy atom. The maximum absolute atomic E-state index is 12.6. The summed E-state index contributed by atoms with van der Waals surface area (Å²) in [5, 5.41) is 19.7. The molecule has 0 rings (SSSR count). The van der Waals surface area contributed by atoms with E-state index in [1.807, 2.05) is 0 Å². The summed E-state index contributed by atoms with van der Waals surface area (Å²) in [5.41, 5.74) is 0. The molecule has 0 amide bonds. The summed E-state index contributed by atoms with van der Waals surface area (Å²) in [4.78, 5) is 25.0. The number of ether oxygens (including phenoxy) is 4. The van der Waals surface area contributed by atoms with Crippen molar-refractivity contribution in [1.82, 2.24) is 0 Å². The van der Waals surface area contributed by atoms with Crippen molar-refractivity contribution in [2.75, 3.05) is 33.5 Å². The van der Waals surface area contributed by atoms with E-state index in [1.165, 1.54) is 7.11 Å². The zero-order valence-corrected chi connectivity index (χ0v) is 26.6. The highest BCUT2D eigenvalue weighted by atomic mass is 32.2. The molecule has 43 heavy (non-hydrogen) atoms. The Morgan fingerprint density at radius 2 is 1.07 bits per heavy atom. The average molecular weight is 637 g/mol. The number of methoxy groups -OCH3 is 1. The number of esters is 2. The number of carbonyl (C=O) groups is 2. The van der Waals surface area contributed by atoms with Gasteiger partial charge in [-0.1, -0.05) is 35.7 Å². The minimum Gasteiger partial charge on any atom is -0.462 e. The van der Waals surface area contributed by atoms with Crippen molar-refractivity contribution in [3.63, 3.8) is 0 Å². The van der Waals surface area contributed by atoms with Gasteiger partial charge in [0.1, 0.15) is 51.2 Å². The van der Waals surface area contributed by atoms with E-state index in [0.717, 1.165) is 23.5 Å². The third-order valence-electron chi connectivity index (χ3n) is 4.05. The van der Waals surface area contributed by atoms with Crippen LogP contribution in [0, 0.1) is 95.4 Å². The molecule has 0 fully saturated rings. The summed E-state index contributed by atoms with van der Waals surface area (Å²) < 4.78 is 18.2. The minimum atomic E-state index is -1.14. The number of rotatable bonds is 12. The quantitative estimate of drug-likeness (QED) is 0.184. The second-order valence-electron chi connectivity index (χ2n) is 8.62. The number of hydrogen-bond acceptors (Lipinski definition) is 11. The van der Waals surface area contributed by atoms with Gasteiger partial charge in [0.2, 0.25) is 0 Å². The number of thiocarbonyl (C=S) groups is 1. The molecule has 0 aliphatic rings. The van der Waals surface area contributed by atoms with Crippen LogP contribution < -0.4 is 0 Å². The fraction of sp³-hybridized carbons (Fsp3) is 0.406. The standard InChI is InChI=1S/C32H28O8S3/c1-7-8-9-10-11-12-13-14-15-16-17-18-19-20-21-38-23-27(34)25-40-29(36)32(4,5)43-30(41)42-31(2,3)28(35)39-24-26(33)22-37-6/h1,26-27,33-34H,22-25H2,2-6H3. The van der Waals surface area contributed by atoms with Crippen LogP contribution in [0.4, 0.5) is 0 Å². The van der Waals surface area contributed by atoms with Crippen LogP contribution in [-0.4, -0.2) is 80.9 Å². The summed E-state index contributed by atoms with van der Waals surface area (Å²) in [5.74, 6) is 32.5. The molecule has 11 heteroatoms. The molecule has 0 radical (unpaired) electrons. The smallest absolute Gasteiger partial charge is 0.322 e. The summed E-state index contributed by atoms with van der Waals surface area (Å²) in [7, 11) is 1.42. The van der Waals surface area contributed by atoms with Gasteiger partial charge in [0.25, 0.3) is 0 Å². The van der Waals surface area contributed by atoms with Crippen LogP contribution in [0.5, 0.6) is 0 Å². The van der Waals surface area contributed by atoms with Gasteiger partial charge in [-0.15, -0.1) is 6.42 Å². The fourth-order valence-electron chi connectivity index (χ4n) is 2.08. The van der Waals surface area contributed by atoms with Crippen LogP contribution in [0.15, 0.2) is 0 Å². The Kier molecular flexibility index (Phi) is 20.3. The number of hydrogen-bond donors (Lipinski definition) is 2. The predicted octanol–water partition coefficient (Wildman–Crippen LogP) is 1.38. The Morgan fingerprint density at radius 3 is 1.47 bits per heavy atom. The molecule has 2 atom stereocenters. The van der Waals surface area contributed by atoms with Crippen molar-refractivity contribution in [2.24, 2.45) is 0 Å². The third kappa shape index (κ3) is 20.4. The van der Waals surface area contributed by atoms with Crippen molar-refractivity contribution in [2.45, 2.75) is 49.4 Å². The maximum atomic E-state index is 12.6. The number of aliphatic hydroxyl groups excluding tert-OH is 2. The van der Waals surface area contributed by atoms with E-state index in [1.54, 1.807) is 27.7 Å². The monoisotopic (exact) mass is 636 g/mol. The van der Waals surface area contributed by atoms with Crippen LogP contribution >= 0.6 is 35.7 Å². The van der Waals surface area contributed by atoms with E-state index in [2.05, 4.69) is 89.0 Å². The maximum Gasteiger partial charge on any atom is 0.322 e. The zero-order valence-electron chi connectivity index (χ0n) is 24.1. The van der Waals surface area contributed by atoms with Crippen molar-refractivity contribution >= 4 is 51.2 Å². The lowest BCUT2D eigenvalue weighted by Gasteiger charge is -2.26. The predicted molar refractivity (Wildman–Crippen MR) is 171 cm³/mol. The second kappa shape index (κ2) is 22.5. The lowest BCUT2D eigenvalue weighted by molar-refractivity contribution is -0.150. The number of thioether (sulfide) groups is 2. The van der Waals surface area contributed by atoms with E-state index in [4.69, 9.17) is 37.6 Å². The van der Waals surface area contributed by atoms with Crippen LogP contribution in [0.25, 0.3) is 0 Å². The molecule has 0 saturated carbocycles. The van der Waals surface area contributed by atoms with Crippen LogP contribution in [0.2, 0.25) is 0 Å². The highest BCUT2D eigenvalue weighted by Gasteiger charge is 2.37. The van der Waals surface area contributed by atoms with Gasteiger partial charge in [-0.2, -0.15) is 0 Å². The Labute approximate surface area is 267 Å². The van der Waals surface area contributed by atoms with E-state index < -0.39 is 33.6 Å². The molecule has 8 nitrogen and oxygen atoms in total. The van der Waals surface area contributed by atoms with Gasteiger partial charge in [0.05, 0.1) is 6.61 Å². The van der Waals surface area contributed by atoms with E-state index in [0.29, 0.717) is 3.53 Å². The lowest BCUT2D eigenvalue weighted by atomic mass is 10.2. The summed E-state index contributed by atoms with van der Waals surface area (Å²) >= 11 is 7.44. The molecule has 0 saturated heterocycles. The highest BCUT2D eigenvalue weighted by molar-refractivity contribution is 8.48. The lowest BCUT2D eigenvalue weighted by Crippen LogP contribution is -2.36. The van der Waals surface area contributed by atoms with Gasteiger partial charge in [-0.05, 0) is 69.1 Å². The van der Waals surface area contributed by atoms with Gasteiger partial charge in [-0.3, -0.25) is 9.59 Å². The Balaban J connectivity index is 4.56. The van der Waals surface area contributed by atoms with Gasteiger partial charge in [0.15, 0.2) is 0 Å². The van der Waals surface area contributed by atoms with E-state index in [9.17, 15) is 19.8 Å². The Hall–Kier alpha value is -4.11. The van der Waals surface area contributed by atoms with E-state index in [-0.39, 0.29) is 26.4 Å². The summed E-state index contributed by atoms with van der Waals surface area (Å²) in [6.07, 6.45) is 5.14. The second-order valence-corrected chi connectivity index (χ2v) is 13.1. The summed E-state index contributed by atoms with van der Waals surface area (Å²) in [6, 6.07) is 0. The largest absolute Gasteiger partial charge is 0.462 e. The van der Waals surface area contributed by atoms with Crippen LogP contribution in [0.1, 0.15) is 27.7 Å². The van der Waals surface area contributed by atoms with Gasteiger partial charge in [-0.25, -0.2) is 0 Å². The first-order chi connectivity index (χ1) is 20.4. The van der Waals surface area contributed by atoms with Crippen molar-refractivity contribution < 1.29 is 38.7 Å². The molecule has 0 aliphatic carbocycles. The highest BCUT2D eigenvalue weighted by Crippen LogP contribution is 2.38. The van der Waals surface area contributed by atoms with Gasteiger partial charge < -0.3 is 29.2 Å². The molecule has 0 aromatic heterocycles. The number of carbonyl (C=O) groups excluding carboxylic acids is 2. The first-order valence-corrected chi connectivity index (χ1v) is 14.1. The summed E-state index contributed by atoms with van der Waals surface area (Å²) in [6.45, 7) is 5.68. The van der Waals surface area contributed by atoms with Crippen molar-refractivity contribution in [3.8, 4) is 95.4 Å². The molecule has 0 aliphatic heterocycles. The first kappa shape index (κ1) is 38.9. The molecule has 222 valence electrons. The fourth-order valence-corrected chi connectivity index (χ4v) is 5.86. The molecule has 0 spiro atoms. The Bertz CT molecular complexity index is 1490. The normalized spacial score (nSPS) is 10.6. The molecule has 0 aromatic carbocycles. The zero-order chi connectivity index (χ0) is 32.6. The molecular weight excluding hydrogens is 609 g/mol. The van der Waals surface area contributed by atoms with Crippen molar-refractivity contribution in [3.05, 3.63) is 0 Å². The SMILES string of the molecule is C#CC#CC#CC#CC#CC#CC#CC#COCC(O)COC(=O)C(C)(C)SC(=S)SC(C)(C)C(=O)OCC(O)COC. The van der Waals surface area contributed by atoms with Crippen LogP contribution in [-0.2, 0) is 28.5 Å². The van der Waals surface area contributed by atoms with Gasteiger partial charge in [0, 0.05) is 48.6 Å². The molecule has 0 aromatic rings. The number of aliphatic hydroxyl groups is 2. The molecule has 0 heterocycles. The van der Waals surface area contributed by atoms with E-state index >= 15 is 0 Å². The molecule has 0 bridgehead atoms. The molecule has 2 unspecified atom stereocenters. The number of terminal acetylenes is 1. The first-order valence-electron chi connectivity index (χ1n) is 12.0. The molecular formula is C32H28O8S3. The van der Waals surface area contributed by atoms with Gasteiger partial charge >= 0.3 is 11.9 Å². The third-order valence-corrected chi connectivity index (χ3v) is 6.74. The molecule has 2 N–H and O–H groups in total.